The Kier molecular flexibility index (Phi) is 10.2. The van der Waals surface area contributed by atoms with Crippen LogP contribution in [0.3, 0.4) is 0 Å². The Hall–Kier alpha value is -6.05. The first-order chi connectivity index (χ1) is 26.1. The molecule has 0 N–H and O–H groups in total. The van der Waals surface area contributed by atoms with E-state index in [0.717, 1.165) is 28.1 Å². The molecule has 11 nitrogen and oxygen atoms in total. The summed E-state index contributed by atoms with van der Waals surface area (Å²) in [4.78, 5) is 44.7. The lowest BCUT2D eigenvalue weighted by Gasteiger charge is -2.26. The quantitative estimate of drug-likeness (QED) is 0.0793. The SMILES string of the molecule is CCOC(=O)C1=C(C)N=c2s/c(=C\c3cc(-c4ccccc4)n(-c4ccc([N+](=O)[O-])cc4)c3-c3ccccc3)c(=O)n2[C@H]1c1cc(OC)c(OC)cc1Br. The maximum atomic E-state index is 14.8. The summed E-state index contributed by atoms with van der Waals surface area (Å²) < 4.78 is 21.2. The molecule has 1 aliphatic heterocycles. The summed E-state index contributed by atoms with van der Waals surface area (Å²) in [6.07, 6.45) is 1.84. The van der Waals surface area contributed by atoms with Crippen molar-refractivity contribution in [3.63, 3.8) is 0 Å². The highest BCUT2D eigenvalue weighted by Crippen LogP contribution is 2.41. The highest BCUT2D eigenvalue weighted by Gasteiger charge is 2.35. The first-order valence-corrected chi connectivity index (χ1v) is 18.5. The average Bonchev–Trinajstić information content (AvgIpc) is 3.71. The van der Waals surface area contributed by atoms with Gasteiger partial charge in [0.25, 0.3) is 11.2 Å². The Morgan fingerprint density at radius 2 is 1.57 bits per heavy atom. The van der Waals surface area contributed by atoms with Gasteiger partial charge in [0.1, 0.15) is 0 Å². The minimum absolute atomic E-state index is 0.0251. The van der Waals surface area contributed by atoms with E-state index in [1.807, 2.05) is 77.4 Å². The van der Waals surface area contributed by atoms with Crippen LogP contribution in [0.25, 0.3) is 34.3 Å². The van der Waals surface area contributed by atoms with Gasteiger partial charge in [0.05, 0.1) is 59.0 Å². The molecule has 6 aromatic rings. The second-order valence-corrected chi connectivity index (χ2v) is 14.1. The molecule has 0 bridgehead atoms. The molecule has 13 heteroatoms. The van der Waals surface area contributed by atoms with Crippen LogP contribution < -0.4 is 24.4 Å². The first-order valence-electron chi connectivity index (χ1n) is 16.9. The van der Waals surface area contributed by atoms with E-state index in [1.54, 1.807) is 38.1 Å². The summed E-state index contributed by atoms with van der Waals surface area (Å²) >= 11 is 4.87. The van der Waals surface area contributed by atoms with Gasteiger partial charge >= 0.3 is 5.97 Å². The number of non-ortho nitro benzene ring substituents is 1. The van der Waals surface area contributed by atoms with Gasteiger partial charge < -0.3 is 18.8 Å². The molecule has 1 atom stereocenters. The number of nitro groups is 1. The van der Waals surface area contributed by atoms with E-state index >= 15 is 0 Å². The lowest BCUT2D eigenvalue weighted by Crippen LogP contribution is -2.40. The summed E-state index contributed by atoms with van der Waals surface area (Å²) in [6, 6.07) is 30.5. The van der Waals surface area contributed by atoms with Crippen molar-refractivity contribution < 1.29 is 23.9 Å². The molecule has 7 rings (SSSR count). The molecule has 2 aromatic heterocycles. The zero-order valence-electron chi connectivity index (χ0n) is 29.6. The predicted molar refractivity (Wildman–Crippen MR) is 211 cm³/mol. The number of methoxy groups -OCH3 is 2. The summed E-state index contributed by atoms with van der Waals surface area (Å²) in [5.74, 6) is 0.307. The Bertz CT molecular complexity index is 2630. The number of carbonyl (C=O) groups excluding carboxylic acids is 1. The first kappa shape index (κ1) is 36.3. The fourth-order valence-electron chi connectivity index (χ4n) is 6.65. The van der Waals surface area contributed by atoms with Gasteiger partial charge in [-0.2, -0.15) is 0 Å². The monoisotopic (exact) mass is 804 g/mol. The van der Waals surface area contributed by atoms with Gasteiger partial charge in [-0.05, 0) is 66.9 Å². The van der Waals surface area contributed by atoms with E-state index in [-0.39, 0.29) is 23.4 Å². The lowest BCUT2D eigenvalue weighted by molar-refractivity contribution is -0.384. The van der Waals surface area contributed by atoms with Gasteiger partial charge in [0.15, 0.2) is 16.3 Å². The second-order valence-electron chi connectivity index (χ2n) is 12.2. The Balaban J connectivity index is 1.52. The molecule has 272 valence electrons. The molecule has 3 heterocycles. The van der Waals surface area contributed by atoms with Crippen LogP contribution in [0.2, 0.25) is 0 Å². The number of fused-ring (bicyclic) bond motifs is 1. The highest BCUT2D eigenvalue weighted by molar-refractivity contribution is 9.10. The lowest BCUT2D eigenvalue weighted by atomic mass is 9.95. The van der Waals surface area contributed by atoms with Gasteiger partial charge in [0.2, 0.25) is 0 Å². The number of nitrogens with zero attached hydrogens (tertiary/aromatic N) is 4. The topological polar surface area (TPSA) is 127 Å². The number of thiazole rings is 1. The molecule has 0 radical (unpaired) electrons. The maximum absolute atomic E-state index is 14.8. The van der Waals surface area contributed by atoms with Crippen molar-refractivity contribution in [1.82, 2.24) is 9.13 Å². The molecule has 0 spiro atoms. The summed E-state index contributed by atoms with van der Waals surface area (Å²) in [7, 11) is 3.05. The van der Waals surface area contributed by atoms with Crippen LogP contribution in [-0.4, -0.2) is 40.9 Å². The standard InChI is InChI=1S/C41H33BrN4O7S/c1-5-53-40(48)36-24(2)43-41-45(38(36)30-22-33(51-3)34(52-4)23-31(30)42)39(47)35(54-41)21-27-20-32(25-12-8-6-9-13-25)44(37(27)26-14-10-7-11-15-26)28-16-18-29(19-17-28)46(49)50/h6-23,38H,5H2,1-4H3/b35-21-/t38-/m0/s1. The largest absolute Gasteiger partial charge is 0.493 e. The molecule has 0 saturated carbocycles. The maximum Gasteiger partial charge on any atom is 0.338 e. The average molecular weight is 806 g/mol. The van der Waals surface area contributed by atoms with Crippen molar-refractivity contribution in [2.75, 3.05) is 20.8 Å². The third-order valence-corrected chi connectivity index (χ3v) is 10.7. The van der Waals surface area contributed by atoms with Crippen LogP contribution in [0.4, 0.5) is 5.69 Å². The molecule has 54 heavy (non-hydrogen) atoms. The molecule has 0 fully saturated rings. The molecule has 0 saturated heterocycles. The number of allylic oxidation sites excluding steroid dienone is 1. The Morgan fingerprint density at radius 1 is 0.944 bits per heavy atom. The van der Waals surface area contributed by atoms with Crippen molar-refractivity contribution in [2.45, 2.75) is 19.9 Å². The summed E-state index contributed by atoms with van der Waals surface area (Å²) in [6.45, 7) is 3.59. The highest BCUT2D eigenvalue weighted by atomic mass is 79.9. The number of halogens is 1. The fraction of sp³-hybridized carbons (Fsp3) is 0.146. The number of benzene rings is 4. The summed E-state index contributed by atoms with van der Waals surface area (Å²) in [5, 5.41) is 11.6. The number of carbonyl (C=O) groups is 1. The van der Waals surface area contributed by atoms with Crippen LogP contribution in [-0.2, 0) is 9.53 Å². The van der Waals surface area contributed by atoms with Gasteiger partial charge in [-0.25, -0.2) is 9.79 Å². The van der Waals surface area contributed by atoms with Gasteiger partial charge in [-0.1, -0.05) is 87.9 Å². The van der Waals surface area contributed by atoms with Crippen LogP contribution in [0, 0.1) is 10.1 Å². The van der Waals surface area contributed by atoms with Crippen molar-refractivity contribution in [1.29, 1.82) is 0 Å². The third-order valence-electron chi connectivity index (χ3n) is 9.07. The van der Waals surface area contributed by atoms with Crippen molar-refractivity contribution >= 4 is 45.0 Å². The second kappa shape index (κ2) is 15.1. The molecular formula is C41H33BrN4O7S. The molecule has 0 unspecified atom stereocenters. The number of ether oxygens (including phenoxy) is 3. The van der Waals surface area contributed by atoms with E-state index in [4.69, 9.17) is 19.2 Å². The number of nitro benzene ring substituents is 1. The van der Waals surface area contributed by atoms with Crippen LogP contribution >= 0.6 is 27.3 Å². The number of esters is 1. The molecule has 1 aliphatic rings. The number of hydrogen-bond acceptors (Lipinski definition) is 9. The van der Waals surface area contributed by atoms with Crippen LogP contribution in [0.5, 0.6) is 11.5 Å². The van der Waals surface area contributed by atoms with E-state index in [0.29, 0.717) is 42.3 Å². The Morgan fingerprint density at radius 3 is 2.19 bits per heavy atom. The normalized spacial score (nSPS) is 14.0. The number of rotatable bonds is 10. The number of hydrogen-bond donors (Lipinski definition) is 0. The molecule has 4 aromatic carbocycles. The molecular weight excluding hydrogens is 772 g/mol. The summed E-state index contributed by atoms with van der Waals surface area (Å²) in [5.41, 5.74) is 5.64. The van der Waals surface area contributed by atoms with Gasteiger partial charge in [-0.3, -0.25) is 19.5 Å². The van der Waals surface area contributed by atoms with Crippen molar-refractivity contribution in [3.8, 4) is 39.7 Å². The van der Waals surface area contributed by atoms with E-state index in [2.05, 4.69) is 15.9 Å². The fourth-order valence-corrected chi connectivity index (χ4v) is 8.23. The third kappa shape index (κ3) is 6.56. The molecule has 0 aliphatic carbocycles. The minimum Gasteiger partial charge on any atom is -0.493 e. The van der Waals surface area contributed by atoms with Crippen molar-refractivity contribution in [2.24, 2.45) is 4.99 Å². The minimum atomic E-state index is -0.908. The van der Waals surface area contributed by atoms with Crippen LogP contribution in [0.1, 0.15) is 31.0 Å². The van der Waals surface area contributed by atoms with Gasteiger partial charge in [-0.15, -0.1) is 0 Å². The zero-order chi connectivity index (χ0) is 38.1. The predicted octanol–water partition coefficient (Wildman–Crippen LogP) is 7.61. The van der Waals surface area contributed by atoms with Crippen molar-refractivity contribution in [3.05, 3.63) is 160 Å². The van der Waals surface area contributed by atoms with E-state index < -0.39 is 16.9 Å². The van der Waals surface area contributed by atoms with E-state index in [1.165, 1.54) is 42.3 Å². The van der Waals surface area contributed by atoms with E-state index in [9.17, 15) is 19.7 Å². The molecule has 0 amide bonds. The number of aromatic nitrogens is 2. The Labute approximate surface area is 322 Å². The zero-order valence-corrected chi connectivity index (χ0v) is 32.0. The van der Waals surface area contributed by atoms with Crippen LogP contribution in [0.15, 0.2) is 129 Å². The smallest absolute Gasteiger partial charge is 0.338 e. The van der Waals surface area contributed by atoms with Gasteiger partial charge in [0, 0.05) is 27.9 Å².